The molecule has 0 atom stereocenters. The molecule has 0 amide bonds. The van der Waals surface area contributed by atoms with Crippen molar-refractivity contribution in [3.8, 4) is 0 Å². The van der Waals surface area contributed by atoms with Crippen molar-refractivity contribution < 1.29 is 0 Å². The van der Waals surface area contributed by atoms with Gasteiger partial charge in [0.2, 0.25) is 0 Å². The minimum Gasteiger partial charge on any atom is -0.383 e. The molecule has 1 aliphatic rings. The molecule has 1 heterocycles. The minimum atomic E-state index is 0.414. The SMILES string of the molecule is CC(C)c1nc(C2CCCC2)nc(N)c1I. The third-order valence-electron chi connectivity index (χ3n) is 3.19. The molecule has 0 bridgehead atoms. The molecule has 1 saturated carbocycles. The number of nitrogen functional groups attached to an aromatic ring is 1. The molecular weight excluding hydrogens is 313 g/mol. The summed E-state index contributed by atoms with van der Waals surface area (Å²) in [6.07, 6.45) is 5.04. The number of rotatable bonds is 2. The summed E-state index contributed by atoms with van der Waals surface area (Å²) in [5.74, 6) is 2.58. The fourth-order valence-corrected chi connectivity index (χ4v) is 3.11. The Bertz CT molecular complexity index is 384. The molecule has 0 radical (unpaired) electrons. The smallest absolute Gasteiger partial charge is 0.140 e. The topological polar surface area (TPSA) is 51.8 Å². The molecular formula is C12H18IN3. The van der Waals surface area contributed by atoms with Crippen LogP contribution in [0.3, 0.4) is 0 Å². The third-order valence-corrected chi connectivity index (χ3v) is 4.29. The van der Waals surface area contributed by atoms with E-state index in [1.807, 2.05) is 0 Å². The molecule has 16 heavy (non-hydrogen) atoms. The van der Waals surface area contributed by atoms with E-state index in [1.54, 1.807) is 0 Å². The predicted molar refractivity (Wildman–Crippen MR) is 74.5 cm³/mol. The van der Waals surface area contributed by atoms with Crippen LogP contribution in [-0.4, -0.2) is 9.97 Å². The van der Waals surface area contributed by atoms with E-state index in [2.05, 4.69) is 41.4 Å². The summed E-state index contributed by atoms with van der Waals surface area (Å²) in [4.78, 5) is 9.17. The first kappa shape index (κ1) is 12.1. The summed E-state index contributed by atoms with van der Waals surface area (Å²) in [5, 5.41) is 0. The maximum atomic E-state index is 5.97. The van der Waals surface area contributed by atoms with Gasteiger partial charge in [0, 0.05) is 5.92 Å². The second-order valence-corrected chi connectivity index (χ2v) is 5.88. The maximum absolute atomic E-state index is 5.97. The van der Waals surface area contributed by atoms with Gasteiger partial charge in [0.15, 0.2) is 0 Å². The molecule has 0 aliphatic heterocycles. The summed E-state index contributed by atoms with van der Waals surface area (Å²) < 4.78 is 1.02. The van der Waals surface area contributed by atoms with Crippen molar-refractivity contribution in [3.63, 3.8) is 0 Å². The van der Waals surface area contributed by atoms with E-state index in [0.717, 1.165) is 15.1 Å². The molecule has 0 spiro atoms. The molecule has 1 aromatic rings. The molecule has 0 saturated heterocycles. The number of aromatic nitrogens is 2. The van der Waals surface area contributed by atoms with E-state index in [1.165, 1.54) is 25.7 Å². The zero-order valence-corrected chi connectivity index (χ0v) is 12.0. The van der Waals surface area contributed by atoms with Crippen LogP contribution in [0.4, 0.5) is 5.82 Å². The van der Waals surface area contributed by atoms with E-state index in [9.17, 15) is 0 Å². The summed E-state index contributed by atoms with van der Waals surface area (Å²) in [5.41, 5.74) is 7.07. The van der Waals surface area contributed by atoms with Crippen LogP contribution < -0.4 is 5.73 Å². The van der Waals surface area contributed by atoms with E-state index < -0.39 is 0 Å². The van der Waals surface area contributed by atoms with E-state index >= 15 is 0 Å². The Balaban J connectivity index is 2.39. The second kappa shape index (κ2) is 4.85. The normalized spacial score (nSPS) is 17.2. The van der Waals surface area contributed by atoms with Gasteiger partial charge in [-0.2, -0.15) is 0 Å². The highest BCUT2D eigenvalue weighted by Crippen LogP contribution is 2.34. The number of anilines is 1. The lowest BCUT2D eigenvalue weighted by atomic mass is 10.1. The zero-order valence-electron chi connectivity index (χ0n) is 9.83. The Morgan fingerprint density at radius 1 is 1.25 bits per heavy atom. The van der Waals surface area contributed by atoms with Gasteiger partial charge in [-0.3, -0.25) is 0 Å². The predicted octanol–water partition coefficient (Wildman–Crippen LogP) is 3.44. The van der Waals surface area contributed by atoms with Crippen LogP contribution in [-0.2, 0) is 0 Å². The van der Waals surface area contributed by atoms with Crippen LogP contribution >= 0.6 is 22.6 Å². The number of halogens is 1. The van der Waals surface area contributed by atoms with Crippen molar-refractivity contribution in [3.05, 3.63) is 15.1 Å². The molecule has 1 aromatic heterocycles. The van der Waals surface area contributed by atoms with E-state index in [4.69, 9.17) is 10.7 Å². The van der Waals surface area contributed by atoms with Crippen LogP contribution in [0.25, 0.3) is 0 Å². The highest BCUT2D eigenvalue weighted by atomic mass is 127. The lowest BCUT2D eigenvalue weighted by Crippen LogP contribution is -2.10. The number of hydrogen-bond donors (Lipinski definition) is 1. The quantitative estimate of drug-likeness (QED) is 0.845. The van der Waals surface area contributed by atoms with Crippen LogP contribution in [0, 0.1) is 3.57 Å². The zero-order chi connectivity index (χ0) is 11.7. The minimum absolute atomic E-state index is 0.414. The Labute approximate surface area is 110 Å². The van der Waals surface area contributed by atoms with E-state index in [0.29, 0.717) is 17.7 Å². The molecule has 3 nitrogen and oxygen atoms in total. The van der Waals surface area contributed by atoms with Gasteiger partial charge in [-0.15, -0.1) is 0 Å². The fourth-order valence-electron chi connectivity index (χ4n) is 2.25. The molecule has 0 unspecified atom stereocenters. The fraction of sp³-hybridized carbons (Fsp3) is 0.667. The van der Waals surface area contributed by atoms with Gasteiger partial charge >= 0.3 is 0 Å². The van der Waals surface area contributed by atoms with Crippen molar-refractivity contribution in [2.45, 2.75) is 51.4 Å². The summed E-state index contributed by atoms with van der Waals surface area (Å²) >= 11 is 2.25. The van der Waals surface area contributed by atoms with Crippen molar-refractivity contribution in [1.29, 1.82) is 0 Å². The Morgan fingerprint density at radius 3 is 2.44 bits per heavy atom. The maximum Gasteiger partial charge on any atom is 0.140 e. The molecule has 4 heteroatoms. The second-order valence-electron chi connectivity index (χ2n) is 4.80. The van der Waals surface area contributed by atoms with Gasteiger partial charge < -0.3 is 5.73 Å². The first-order valence-electron chi connectivity index (χ1n) is 5.92. The first-order valence-corrected chi connectivity index (χ1v) is 7.00. The Hall–Kier alpha value is -0.390. The largest absolute Gasteiger partial charge is 0.383 e. The third kappa shape index (κ3) is 2.31. The lowest BCUT2D eigenvalue weighted by molar-refractivity contribution is 0.652. The number of hydrogen-bond acceptors (Lipinski definition) is 3. The van der Waals surface area contributed by atoms with Crippen molar-refractivity contribution in [2.24, 2.45) is 0 Å². The Kier molecular flexibility index (Phi) is 3.66. The molecule has 1 fully saturated rings. The van der Waals surface area contributed by atoms with Crippen molar-refractivity contribution in [2.75, 3.05) is 5.73 Å². The molecule has 2 rings (SSSR count). The van der Waals surface area contributed by atoms with Crippen LogP contribution in [0.15, 0.2) is 0 Å². The van der Waals surface area contributed by atoms with Gasteiger partial charge in [0.25, 0.3) is 0 Å². The summed E-state index contributed by atoms with van der Waals surface area (Å²) in [7, 11) is 0. The average Bonchev–Trinajstić information content (AvgIpc) is 2.74. The Morgan fingerprint density at radius 2 is 1.88 bits per heavy atom. The van der Waals surface area contributed by atoms with Crippen LogP contribution in [0.5, 0.6) is 0 Å². The highest BCUT2D eigenvalue weighted by Gasteiger charge is 2.22. The summed E-state index contributed by atoms with van der Waals surface area (Å²) in [6, 6.07) is 0. The average molecular weight is 331 g/mol. The van der Waals surface area contributed by atoms with Crippen molar-refractivity contribution in [1.82, 2.24) is 9.97 Å². The molecule has 1 aliphatic carbocycles. The number of nitrogens with zero attached hydrogens (tertiary/aromatic N) is 2. The van der Waals surface area contributed by atoms with Crippen molar-refractivity contribution >= 4 is 28.4 Å². The van der Waals surface area contributed by atoms with Gasteiger partial charge in [-0.05, 0) is 41.4 Å². The van der Waals surface area contributed by atoms with Gasteiger partial charge in [0.05, 0.1) is 9.26 Å². The standard InChI is InChI=1S/C12H18IN3/c1-7(2)10-9(13)11(14)16-12(15-10)8-5-3-4-6-8/h7-8H,3-6H2,1-2H3,(H2,14,15,16). The first-order chi connectivity index (χ1) is 7.59. The number of nitrogens with two attached hydrogens (primary N) is 1. The van der Waals surface area contributed by atoms with Gasteiger partial charge in [-0.1, -0.05) is 26.7 Å². The van der Waals surface area contributed by atoms with Gasteiger partial charge in [-0.25, -0.2) is 9.97 Å². The highest BCUT2D eigenvalue weighted by molar-refractivity contribution is 14.1. The molecule has 88 valence electrons. The van der Waals surface area contributed by atoms with Crippen LogP contribution in [0.1, 0.15) is 62.9 Å². The monoisotopic (exact) mass is 331 g/mol. The van der Waals surface area contributed by atoms with E-state index in [-0.39, 0.29) is 0 Å². The molecule has 2 N–H and O–H groups in total. The molecule has 0 aromatic carbocycles. The van der Waals surface area contributed by atoms with Crippen LogP contribution in [0.2, 0.25) is 0 Å². The van der Waals surface area contributed by atoms with Gasteiger partial charge in [0.1, 0.15) is 11.6 Å². The lowest BCUT2D eigenvalue weighted by Gasteiger charge is -2.14. The summed E-state index contributed by atoms with van der Waals surface area (Å²) in [6.45, 7) is 4.31.